The van der Waals surface area contributed by atoms with Crippen molar-refractivity contribution in [1.29, 1.82) is 0 Å². The highest BCUT2D eigenvalue weighted by atomic mass is 16.4. The molecule has 0 saturated carbocycles. The van der Waals surface area contributed by atoms with Crippen LogP contribution in [0.25, 0.3) is 0 Å². The zero-order valence-electron chi connectivity index (χ0n) is 15.1. The number of benzene rings is 1. The van der Waals surface area contributed by atoms with Gasteiger partial charge in [-0.3, -0.25) is 9.48 Å². The molecule has 138 valence electrons. The van der Waals surface area contributed by atoms with Crippen LogP contribution in [0.4, 0.5) is 5.69 Å². The molecule has 3 rings (SSSR count). The maximum absolute atomic E-state index is 12.2. The van der Waals surface area contributed by atoms with Gasteiger partial charge in [-0.25, -0.2) is 4.79 Å². The number of carboxylic acid groups (broad SMARTS) is 1. The van der Waals surface area contributed by atoms with Gasteiger partial charge in [-0.1, -0.05) is 19.1 Å². The molecule has 7 heteroatoms. The first-order valence-corrected chi connectivity index (χ1v) is 8.83. The molecule has 1 aromatic heterocycles. The number of carbonyl (C=O) groups is 2. The van der Waals surface area contributed by atoms with Crippen LogP contribution in [0.5, 0.6) is 0 Å². The summed E-state index contributed by atoms with van der Waals surface area (Å²) in [5.74, 6) is -0.940. The van der Waals surface area contributed by atoms with Crippen LogP contribution in [0, 0.1) is 5.92 Å². The molecular weight excluding hydrogens is 332 g/mol. The van der Waals surface area contributed by atoms with Gasteiger partial charge in [0.25, 0.3) is 5.91 Å². The van der Waals surface area contributed by atoms with E-state index in [9.17, 15) is 9.59 Å². The van der Waals surface area contributed by atoms with Gasteiger partial charge in [0.05, 0.1) is 0 Å². The average molecular weight is 356 g/mol. The van der Waals surface area contributed by atoms with E-state index in [1.54, 1.807) is 7.05 Å². The van der Waals surface area contributed by atoms with E-state index >= 15 is 0 Å². The number of aromatic carboxylic acids is 1. The summed E-state index contributed by atoms with van der Waals surface area (Å²) in [6, 6.07) is 8.13. The number of nitrogens with zero attached hydrogens (tertiary/aromatic N) is 3. The summed E-state index contributed by atoms with van der Waals surface area (Å²) in [6.07, 6.45) is 3.83. The van der Waals surface area contributed by atoms with Crippen molar-refractivity contribution in [2.75, 3.05) is 18.0 Å². The number of nitrogens with one attached hydrogen (secondary N) is 1. The number of aromatic nitrogens is 2. The van der Waals surface area contributed by atoms with E-state index in [2.05, 4.69) is 34.4 Å². The topological polar surface area (TPSA) is 87.5 Å². The minimum Gasteiger partial charge on any atom is -0.478 e. The Kier molecular flexibility index (Phi) is 5.25. The molecule has 1 aromatic carbocycles. The first-order valence-electron chi connectivity index (χ1n) is 8.83. The van der Waals surface area contributed by atoms with Crippen LogP contribution in [0.15, 0.2) is 30.5 Å². The van der Waals surface area contributed by atoms with Gasteiger partial charge in [-0.2, -0.15) is 5.10 Å². The van der Waals surface area contributed by atoms with Crippen molar-refractivity contribution < 1.29 is 14.7 Å². The first-order chi connectivity index (χ1) is 12.4. The highest BCUT2D eigenvalue weighted by Crippen LogP contribution is 2.23. The minimum atomic E-state index is -1.16. The van der Waals surface area contributed by atoms with Crippen LogP contribution in [0.3, 0.4) is 0 Å². The lowest BCUT2D eigenvalue weighted by Crippen LogP contribution is -2.34. The predicted molar refractivity (Wildman–Crippen MR) is 98.4 cm³/mol. The molecule has 0 aliphatic carbocycles. The number of piperidine rings is 1. The molecule has 1 amide bonds. The fourth-order valence-corrected chi connectivity index (χ4v) is 3.33. The van der Waals surface area contributed by atoms with E-state index in [0.717, 1.165) is 18.7 Å². The van der Waals surface area contributed by atoms with Crippen LogP contribution in [0.1, 0.15) is 46.2 Å². The van der Waals surface area contributed by atoms with E-state index in [4.69, 9.17) is 5.11 Å². The monoisotopic (exact) mass is 356 g/mol. The van der Waals surface area contributed by atoms with Crippen LogP contribution in [0.2, 0.25) is 0 Å². The smallest absolute Gasteiger partial charge is 0.339 e. The second kappa shape index (κ2) is 7.59. The molecule has 0 spiro atoms. The number of hydrogen-bond donors (Lipinski definition) is 2. The Bertz CT molecular complexity index is 798. The van der Waals surface area contributed by atoms with Crippen LogP contribution >= 0.6 is 0 Å². The Morgan fingerprint density at radius 2 is 2.04 bits per heavy atom. The number of anilines is 1. The number of aryl methyl sites for hydroxylation is 1. The van der Waals surface area contributed by atoms with Gasteiger partial charge in [0.1, 0.15) is 5.56 Å². The summed E-state index contributed by atoms with van der Waals surface area (Å²) < 4.78 is 1.33. The Balaban J connectivity index is 1.61. The summed E-state index contributed by atoms with van der Waals surface area (Å²) in [4.78, 5) is 25.8. The molecule has 1 atom stereocenters. The molecule has 0 unspecified atom stereocenters. The standard InChI is InChI=1S/C19H24N4O3/c1-13-4-3-9-23(11-13)15-7-5-14(6-8-15)10-20-18(24)17-16(19(25)26)12-22(2)21-17/h5-8,12-13H,3-4,9-11H2,1-2H3,(H,20,24)(H,25,26)/t13-/m0/s1. The van der Waals surface area contributed by atoms with Gasteiger partial charge in [-0.15, -0.1) is 0 Å². The Hall–Kier alpha value is -2.83. The summed E-state index contributed by atoms with van der Waals surface area (Å²) in [7, 11) is 1.59. The molecule has 26 heavy (non-hydrogen) atoms. The molecule has 2 aromatic rings. The fraction of sp³-hybridized carbons (Fsp3) is 0.421. The lowest BCUT2D eigenvalue weighted by Gasteiger charge is -2.32. The van der Waals surface area contributed by atoms with E-state index in [0.29, 0.717) is 12.5 Å². The van der Waals surface area contributed by atoms with Gasteiger partial charge in [-0.05, 0) is 36.5 Å². The summed E-state index contributed by atoms with van der Waals surface area (Å²) in [5.41, 5.74) is 1.99. The van der Waals surface area contributed by atoms with Gasteiger partial charge in [0.2, 0.25) is 0 Å². The van der Waals surface area contributed by atoms with Crippen molar-refractivity contribution in [2.24, 2.45) is 13.0 Å². The fourth-order valence-electron chi connectivity index (χ4n) is 3.33. The number of carbonyl (C=O) groups excluding carboxylic acids is 1. The SMILES string of the molecule is C[C@H]1CCCN(c2ccc(CNC(=O)c3nn(C)cc3C(=O)O)cc2)C1. The van der Waals surface area contributed by atoms with Gasteiger partial charge < -0.3 is 15.3 Å². The van der Waals surface area contributed by atoms with E-state index in [1.807, 2.05) is 12.1 Å². The first kappa shape index (κ1) is 18.0. The van der Waals surface area contributed by atoms with Crippen LogP contribution in [-0.2, 0) is 13.6 Å². The van der Waals surface area contributed by atoms with Gasteiger partial charge >= 0.3 is 5.97 Å². The average Bonchev–Trinajstić information content (AvgIpc) is 3.02. The number of hydrogen-bond acceptors (Lipinski definition) is 4. The van der Waals surface area contributed by atoms with Crippen molar-refractivity contribution in [1.82, 2.24) is 15.1 Å². The lowest BCUT2D eigenvalue weighted by atomic mass is 9.99. The molecule has 1 saturated heterocycles. The largest absolute Gasteiger partial charge is 0.478 e. The molecule has 2 heterocycles. The quantitative estimate of drug-likeness (QED) is 0.858. The zero-order chi connectivity index (χ0) is 18.7. The van der Waals surface area contributed by atoms with Crippen molar-refractivity contribution in [2.45, 2.75) is 26.3 Å². The molecule has 7 nitrogen and oxygen atoms in total. The molecule has 0 radical (unpaired) electrons. The maximum atomic E-state index is 12.2. The van der Waals surface area contributed by atoms with Gasteiger partial charge in [0, 0.05) is 38.6 Å². The van der Waals surface area contributed by atoms with Gasteiger partial charge in [0.15, 0.2) is 5.69 Å². The third-order valence-electron chi connectivity index (χ3n) is 4.69. The second-order valence-corrected chi connectivity index (χ2v) is 6.91. The second-order valence-electron chi connectivity index (χ2n) is 6.91. The molecule has 1 fully saturated rings. The maximum Gasteiger partial charge on any atom is 0.339 e. The number of carboxylic acids is 1. The third-order valence-corrected chi connectivity index (χ3v) is 4.69. The summed E-state index contributed by atoms with van der Waals surface area (Å²) >= 11 is 0. The lowest BCUT2D eigenvalue weighted by molar-refractivity contribution is 0.0691. The highest BCUT2D eigenvalue weighted by molar-refractivity contribution is 6.03. The molecule has 0 bridgehead atoms. The molecular formula is C19H24N4O3. The van der Waals surface area contributed by atoms with Crippen molar-refractivity contribution in [3.05, 3.63) is 47.3 Å². The predicted octanol–water partition coefficient (Wildman–Crippen LogP) is 2.28. The Labute approximate surface area is 152 Å². The Morgan fingerprint density at radius 1 is 1.31 bits per heavy atom. The normalized spacial score (nSPS) is 17.2. The summed E-state index contributed by atoms with van der Waals surface area (Å²) in [5, 5.41) is 15.8. The highest BCUT2D eigenvalue weighted by Gasteiger charge is 2.21. The Morgan fingerprint density at radius 3 is 2.69 bits per heavy atom. The summed E-state index contributed by atoms with van der Waals surface area (Å²) in [6.45, 7) is 4.76. The number of rotatable bonds is 5. The van der Waals surface area contributed by atoms with Crippen molar-refractivity contribution >= 4 is 17.6 Å². The van der Waals surface area contributed by atoms with E-state index in [1.165, 1.54) is 29.4 Å². The van der Waals surface area contributed by atoms with E-state index in [-0.39, 0.29) is 11.3 Å². The molecule has 1 aliphatic rings. The van der Waals surface area contributed by atoms with Crippen molar-refractivity contribution in [3.8, 4) is 0 Å². The third kappa shape index (κ3) is 4.04. The van der Waals surface area contributed by atoms with Crippen molar-refractivity contribution in [3.63, 3.8) is 0 Å². The minimum absolute atomic E-state index is 0.0704. The van der Waals surface area contributed by atoms with Crippen LogP contribution in [-0.4, -0.2) is 39.9 Å². The molecule has 1 aliphatic heterocycles. The zero-order valence-corrected chi connectivity index (χ0v) is 15.1. The molecule has 2 N–H and O–H groups in total. The van der Waals surface area contributed by atoms with Crippen LogP contribution < -0.4 is 10.2 Å². The number of amides is 1. The van der Waals surface area contributed by atoms with E-state index < -0.39 is 11.9 Å².